The third-order valence-electron chi connectivity index (χ3n) is 3.14. The average molecular weight is 250 g/mol. The molecule has 2 heterocycles. The zero-order valence-corrected chi connectivity index (χ0v) is 11.4. The summed E-state index contributed by atoms with van der Waals surface area (Å²) in [6.07, 6.45) is 3.92. The van der Waals surface area contributed by atoms with Gasteiger partial charge in [-0.15, -0.1) is 0 Å². The van der Waals surface area contributed by atoms with E-state index in [1.54, 1.807) is 0 Å². The highest BCUT2D eigenvalue weighted by molar-refractivity contribution is 5.48. The maximum absolute atomic E-state index is 5.45. The van der Waals surface area contributed by atoms with Gasteiger partial charge in [0, 0.05) is 24.9 Å². The molecule has 1 aliphatic heterocycles. The molecule has 1 atom stereocenters. The van der Waals surface area contributed by atoms with E-state index in [4.69, 9.17) is 4.74 Å². The summed E-state index contributed by atoms with van der Waals surface area (Å²) in [6, 6.07) is 0. The Morgan fingerprint density at radius 3 is 3.00 bits per heavy atom. The van der Waals surface area contributed by atoms with Crippen LogP contribution in [-0.2, 0) is 4.74 Å². The molecule has 5 heteroatoms. The van der Waals surface area contributed by atoms with Crippen molar-refractivity contribution in [1.82, 2.24) is 9.97 Å². The first-order valence-corrected chi connectivity index (χ1v) is 6.56. The molecule has 0 aromatic carbocycles. The molecular formula is C13H22N4O. The van der Waals surface area contributed by atoms with Crippen molar-refractivity contribution < 1.29 is 4.74 Å². The minimum absolute atomic E-state index is 0.0128. The van der Waals surface area contributed by atoms with E-state index in [0.29, 0.717) is 5.95 Å². The second kappa shape index (κ2) is 5.52. The van der Waals surface area contributed by atoms with Crippen molar-refractivity contribution in [3.63, 3.8) is 0 Å². The van der Waals surface area contributed by atoms with Crippen LogP contribution in [0.3, 0.4) is 0 Å². The predicted molar refractivity (Wildman–Crippen MR) is 73.0 cm³/mol. The number of aromatic nitrogens is 2. The third kappa shape index (κ3) is 3.10. The van der Waals surface area contributed by atoms with Crippen LogP contribution in [0.5, 0.6) is 0 Å². The number of rotatable bonds is 5. The van der Waals surface area contributed by atoms with Gasteiger partial charge in [-0.2, -0.15) is 4.98 Å². The Bertz CT molecular complexity index is 402. The van der Waals surface area contributed by atoms with Crippen LogP contribution in [-0.4, -0.2) is 35.3 Å². The van der Waals surface area contributed by atoms with Crippen LogP contribution in [0, 0.1) is 6.92 Å². The normalized spacial score (nSPS) is 23.1. The van der Waals surface area contributed by atoms with Crippen molar-refractivity contribution in [2.45, 2.75) is 39.2 Å². The SMILES string of the molecule is CCCNc1ncc(C)c(NC2(C)CCOC2)n1. The number of nitrogens with one attached hydrogen (secondary N) is 2. The number of ether oxygens (including phenoxy) is 1. The number of aryl methyl sites for hydroxylation is 1. The lowest BCUT2D eigenvalue weighted by molar-refractivity contribution is 0.185. The molecule has 1 unspecified atom stereocenters. The quantitative estimate of drug-likeness (QED) is 0.839. The molecule has 1 saturated heterocycles. The molecule has 1 fully saturated rings. The smallest absolute Gasteiger partial charge is 0.224 e. The van der Waals surface area contributed by atoms with Crippen LogP contribution < -0.4 is 10.6 Å². The molecule has 0 amide bonds. The minimum Gasteiger partial charge on any atom is -0.379 e. The van der Waals surface area contributed by atoms with Gasteiger partial charge in [0.05, 0.1) is 12.1 Å². The first kappa shape index (κ1) is 13.1. The summed E-state index contributed by atoms with van der Waals surface area (Å²) in [5, 5.41) is 6.69. The van der Waals surface area contributed by atoms with Gasteiger partial charge in [-0.3, -0.25) is 0 Å². The Kier molecular flexibility index (Phi) is 4.01. The van der Waals surface area contributed by atoms with Gasteiger partial charge in [-0.1, -0.05) is 6.92 Å². The van der Waals surface area contributed by atoms with Crippen LogP contribution >= 0.6 is 0 Å². The van der Waals surface area contributed by atoms with Gasteiger partial charge in [-0.25, -0.2) is 4.98 Å². The lowest BCUT2D eigenvalue weighted by Crippen LogP contribution is -2.35. The van der Waals surface area contributed by atoms with Crippen molar-refractivity contribution in [2.75, 3.05) is 30.4 Å². The summed E-state index contributed by atoms with van der Waals surface area (Å²) in [6.45, 7) is 8.74. The maximum Gasteiger partial charge on any atom is 0.224 e. The maximum atomic E-state index is 5.45. The van der Waals surface area contributed by atoms with Gasteiger partial charge in [0.15, 0.2) is 0 Å². The van der Waals surface area contributed by atoms with E-state index >= 15 is 0 Å². The van der Waals surface area contributed by atoms with Crippen molar-refractivity contribution >= 4 is 11.8 Å². The van der Waals surface area contributed by atoms with Gasteiger partial charge in [-0.05, 0) is 26.7 Å². The van der Waals surface area contributed by atoms with Crippen LogP contribution in [0.15, 0.2) is 6.20 Å². The molecule has 1 aliphatic rings. The molecule has 0 spiro atoms. The minimum atomic E-state index is -0.0128. The Morgan fingerprint density at radius 1 is 1.50 bits per heavy atom. The molecule has 0 saturated carbocycles. The predicted octanol–water partition coefficient (Wildman–Crippen LogP) is 2.20. The zero-order chi connectivity index (χ0) is 13.0. The number of anilines is 2. The Morgan fingerprint density at radius 2 is 2.33 bits per heavy atom. The fourth-order valence-corrected chi connectivity index (χ4v) is 1.94. The molecule has 18 heavy (non-hydrogen) atoms. The molecule has 0 bridgehead atoms. The van der Waals surface area contributed by atoms with Crippen LogP contribution in [0.25, 0.3) is 0 Å². The molecule has 2 N–H and O–H groups in total. The molecule has 100 valence electrons. The first-order chi connectivity index (χ1) is 8.63. The number of hydrogen-bond acceptors (Lipinski definition) is 5. The van der Waals surface area contributed by atoms with Crippen LogP contribution in [0.1, 0.15) is 32.3 Å². The molecule has 1 aromatic heterocycles. The topological polar surface area (TPSA) is 59.1 Å². The van der Waals surface area contributed by atoms with Crippen molar-refractivity contribution in [2.24, 2.45) is 0 Å². The fourth-order valence-electron chi connectivity index (χ4n) is 1.94. The summed E-state index contributed by atoms with van der Waals surface area (Å²) < 4.78 is 5.45. The molecule has 5 nitrogen and oxygen atoms in total. The monoisotopic (exact) mass is 250 g/mol. The van der Waals surface area contributed by atoms with E-state index in [9.17, 15) is 0 Å². The average Bonchev–Trinajstić information content (AvgIpc) is 2.77. The zero-order valence-electron chi connectivity index (χ0n) is 11.4. The fraction of sp³-hybridized carbons (Fsp3) is 0.692. The summed E-state index contributed by atoms with van der Waals surface area (Å²) in [5.41, 5.74) is 1.05. The molecule has 0 aliphatic carbocycles. The molecular weight excluding hydrogens is 228 g/mol. The van der Waals surface area contributed by atoms with E-state index < -0.39 is 0 Å². The molecule has 1 aromatic rings. The Balaban J connectivity index is 2.10. The second-order valence-electron chi connectivity index (χ2n) is 5.14. The van der Waals surface area contributed by atoms with Crippen LogP contribution in [0.4, 0.5) is 11.8 Å². The van der Waals surface area contributed by atoms with Gasteiger partial charge in [0.1, 0.15) is 5.82 Å². The van der Waals surface area contributed by atoms with Crippen molar-refractivity contribution in [3.8, 4) is 0 Å². The molecule has 0 radical (unpaired) electrons. The summed E-state index contributed by atoms with van der Waals surface area (Å²) in [4.78, 5) is 8.81. The van der Waals surface area contributed by atoms with Crippen LogP contribution in [0.2, 0.25) is 0 Å². The van der Waals surface area contributed by atoms with Crippen molar-refractivity contribution in [1.29, 1.82) is 0 Å². The van der Waals surface area contributed by atoms with Gasteiger partial charge in [0.25, 0.3) is 0 Å². The summed E-state index contributed by atoms with van der Waals surface area (Å²) in [5.74, 6) is 1.59. The van der Waals surface area contributed by atoms with Gasteiger partial charge in [0.2, 0.25) is 5.95 Å². The van der Waals surface area contributed by atoms with E-state index in [2.05, 4.69) is 34.4 Å². The highest BCUT2D eigenvalue weighted by atomic mass is 16.5. The lowest BCUT2D eigenvalue weighted by Gasteiger charge is -2.25. The molecule has 2 rings (SSSR count). The number of nitrogens with zero attached hydrogens (tertiary/aromatic N) is 2. The van der Waals surface area contributed by atoms with E-state index in [-0.39, 0.29) is 5.54 Å². The van der Waals surface area contributed by atoms with E-state index in [0.717, 1.165) is 44.0 Å². The lowest BCUT2D eigenvalue weighted by atomic mass is 10.0. The first-order valence-electron chi connectivity index (χ1n) is 6.56. The van der Waals surface area contributed by atoms with E-state index in [1.165, 1.54) is 0 Å². The number of hydrogen-bond donors (Lipinski definition) is 2. The highest BCUT2D eigenvalue weighted by Gasteiger charge is 2.30. The Hall–Kier alpha value is -1.36. The Labute approximate surface area is 108 Å². The third-order valence-corrected chi connectivity index (χ3v) is 3.14. The highest BCUT2D eigenvalue weighted by Crippen LogP contribution is 2.24. The standard InChI is InChI=1S/C13H22N4O/c1-4-6-14-12-15-8-10(2)11(16-12)17-13(3)5-7-18-9-13/h8H,4-7,9H2,1-3H3,(H2,14,15,16,17). The largest absolute Gasteiger partial charge is 0.379 e. The van der Waals surface area contributed by atoms with Crippen molar-refractivity contribution in [3.05, 3.63) is 11.8 Å². The summed E-state index contributed by atoms with van der Waals surface area (Å²) >= 11 is 0. The second-order valence-corrected chi connectivity index (χ2v) is 5.14. The van der Waals surface area contributed by atoms with E-state index in [1.807, 2.05) is 13.1 Å². The van der Waals surface area contributed by atoms with Gasteiger partial charge >= 0.3 is 0 Å². The van der Waals surface area contributed by atoms with Gasteiger partial charge < -0.3 is 15.4 Å². The summed E-state index contributed by atoms with van der Waals surface area (Å²) in [7, 11) is 0.